The van der Waals surface area contributed by atoms with Gasteiger partial charge in [-0.1, -0.05) is 13.8 Å². The van der Waals surface area contributed by atoms with Gasteiger partial charge in [0.05, 0.1) is 0 Å². The van der Waals surface area contributed by atoms with E-state index < -0.39 is 0 Å². The molecule has 3 heteroatoms. The average molecular weight is 170 g/mol. The van der Waals surface area contributed by atoms with Crippen molar-refractivity contribution in [1.29, 1.82) is 0 Å². The van der Waals surface area contributed by atoms with E-state index in [0.29, 0.717) is 0 Å². The molecule has 1 N–H and O–H groups in total. The predicted molar refractivity (Wildman–Crippen MR) is 49.3 cm³/mol. The van der Waals surface area contributed by atoms with E-state index in [4.69, 9.17) is 12.2 Å². The van der Waals surface area contributed by atoms with E-state index in [0.717, 1.165) is 24.2 Å². The topological polar surface area (TPSA) is 20.7 Å². The number of aromatic amines is 1. The van der Waals surface area contributed by atoms with Crippen LogP contribution >= 0.6 is 12.2 Å². The van der Waals surface area contributed by atoms with Crippen LogP contribution in [0.5, 0.6) is 0 Å². The molecule has 0 aromatic carbocycles. The van der Waals surface area contributed by atoms with Crippen molar-refractivity contribution in [2.24, 2.45) is 0 Å². The molecule has 0 aliphatic rings. The summed E-state index contributed by atoms with van der Waals surface area (Å²) >= 11 is 5.11. The van der Waals surface area contributed by atoms with Gasteiger partial charge in [0.1, 0.15) is 0 Å². The Bertz CT molecular complexity index is 272. The van der Waals surface area contributed by atoms with Crippen LogP contribution in [0.3, 0.4) is 0 Å². The minimum Gasteiger partial charge on any atom is -0.337 e. The Morgan fingerprint density at radius 1 is 1.55 bits per heavy atom. The summed E-state index contributed by atoms with van der Waals surface area (Å²) in [6.07, 6.45) is 4.18. The third kappa shape index (κ3) is 1.71. The maximum absolute atomic E-state index is 5.11. The molecule has 0 atom stereocenters. The van der Waals surface area contributed by atoms with Gasteiger partial charge >= 0.3 is 0 Å². The zero-order valence-corrected chi connectivity index (χ0v) is 7.87. The van der Waals surface area contributed by atoms with E-state index >= 15 is 0 Å². The van der Waals surface area contributed by atoms with Crippen LogP contribution in [0.25, 0.3) is 0 Å². The van der Waals surface area contributed by atoms with Gasteiger partial charge in [0.15, 0.2) is 4.77 Å². The lowest BCUT2D eigenvalue weighted by Crippen LogP contribution is -2.00. The third-order valence-electron chi connectivity index (χ3n) is 1.76. The maximum Gasteiger partial charge on any atom is 0.177 e. The minimum atomic E-state index is 0.851. The SMILES string of the molecule is CCCn1c(CC)c[nH]c1=S. The van der Waals surface area contributed by atoms with Crippen molar-refractivity contribution in [2.75, 3.05) is 0 Å². The van der Waals surface area contributed by atoms with E-state index in [2.05, 4.69) is 23.4 Å². The minimum absolute atomic E-state index is 0.851. The molecule has 0 amide bonds. The lowest BCUT2D eigenvalue weighted by atomic mass is 10.3. The molecule has 0 saturated carbocycles. The summed E-state index contributed by atoms with van der Waals surface area (Å²) in [4.78, 5) is 3.05. The van der Waals surface area contributed by atoms with Gasteiger partial charge in [0.25, 0.3) is 0 Å². The summed E-state index contributed by atoms with van der Waals surface area (Å²) in [6.45, 7) is 5.34. The largest absolute Gasteiger partial charge is 0.337 e. The fraction of sp³-hybridized carbons (Fsp3) is 0.625. The summed E-state index contributed by atoms with van der Waals surface area (Å²) in [5.41, 5.74) is 1.30. The smallest absolute Gasteiger partial charge is 0.177 e. The first-order valence-electron chi connectivity index (χ1n) is 4.06. The first-order chi connectivity index (χ1) is 5.29. The fourth-order valence-electron chi connectivity index (χ4n) is 1.19. The number of aryl methyl sites for hydroxylation is 1. The molecule has 1 aromatic rings. The second-order valence-corrected chi connectivity index (χ2v) is 2.98. The molecule has 1 heterocycles. The Kier molecular flexibility index (Phi) is 2.88. The summed E-state index contributed by atoms with van der Waals surface area (Å²) < 4.78 is 3.01. The van der Waals surface area contributed by atoms with E-state index in [1.165, 1.54) is 5.69 Å². The molecule has 1 rings (SSSR count). The summed E-state index contributed by atoms with van der Waals surface area (Å²) in [5.74, 6) is 0. The Labute approximate surface area is 72.3 Å². The van der Waals surface area contributed by atoms with Crippen LogP contribution in [-0.2, 0) is 13.0 Å². The van der Waals surface area contributed by atoms with Gasteiger partial charge < -0.3 is 9.55 Å². The van der Waals surface area contributed by atoms with E-state index in [-0.39, 0.29) is 0 Å². The molecule has 11 heavy (non-hydrogen) atoms. The van der Waals surface area contributed by atoms with Crippen LogP contribution in [0.15, 0.2) is 6.20 Å². The highest BCUT2D eigenvalue weighted by Crippen LogP contribution is 2.03. The maximum atomic E-state index is 5.11. The van der Waals surface area contributed by atoms with Crippen molar-refractivity contribution >= 4 is 12.2 Å². The lowest BCUT2D eigenvalue weighted by Gasteiger charge is -2.02. The van der Waals surface area contributed by atoms with E-state index in [1.807, 2.05) is 6.20 Å². The van der Waals surface area contributed by atoms with Crippen molar-refractivity contribution in [3.05, 3.63) is 16.7 Å². The van der Waals surface area contributed by atoms with Crippen molar-refractivity contribution < 1.29 is 0 Å². The second kappa shape index (κ2) is 3.72. The number of hydrogen-bond acceptors (Lipinski definition) is 1. The molecule has 0 unspecified atom stereocenters. The number of imidazole rings is 1. The predicted octanol–water partition coefficient (Wildman–Crippen LogP) is 2.52. The van der Waals surface area contributed by atoms with Crippen molar-refractivity contribution in [1.82, 2.24) is 9.55 Å². The molecule has 0 aliphatic carbocycles. The van der Waals surface area contributed by atoms with Gasteiger partial charge in [0, 0.05) is 18.4 Å². The van der Waals surface area contributed by atoms with Gasteiger partial charge in [-0.15, -0.1) is 0 Å². The summed E-state index contributed by atoms with van der Waals surface area (Å²) in [5, 5.41) is 0. The van der Waals surface area contributed by atoms with Crippen LogP contribution in [0.4, 0.5) is 0 Å². The molecular formula is C8H14N2S. The number of rotatable bonds is 3. The van der Waals surface area contributed by atoms with Gasteiger partial charge in [-0.05, 0) is 25.1 Å². The van der Waals surface area contributed by atoms with Gasteiger partial charge in [-0.3, -0.25) is 0 Å². The molecule has 0 bridgehead atoms. The van der Waals surface area contributed by atoms with E-state index in [1.54, 1.807) is 0 Å². The van der Waals surface area contributed by atoms with Crippen LogP contribution < -0.4 is 0 Å². The first-order valence-corrected chi connectivity index (χ1v) is 4.47. The zero-order valence-electron chi connectivity index (χ0n) is 7.05. The number of nitrogens with one attached hydrogen (secondary N) is 1. The highest BCUT2D eigenvalue weighted by atomic mass is 32.1. The summed E-state index contributed by atoms with van der Waals surface area (Å²) in [6, 6.07) is 0. The molecule has 1 aromatic heterocycles. The molecule has 0 saturated heterocycles. The second-order valence-electron chi connectivity index (χ2n) is 2.59. The van der Waals surface area contributed by atoms with Crippen molar-refractivity contribution in [3.8, 4) is 0 Å². The Balaban J connectivity index is 2.97. The van der Waals surface area contributed by atoms with Crippen molar-refractivity contribution in [2.45, 2.75) is 33.2 Å². The number of nitrogens with zero attached hydrogens (tertiary/aromatic N) is 1. The highest BCUT2D eigenvalue weighted by Gasteiger charge is 1.98. The van der Waals surface area contributed by atoms with Crippen LogP contribution in [-0.4, -0.2) is 9.55 Å². The molecule has 0 radical (unpaired) electrons. The first kappa shape index (κ1) is 8.53. The van der Waals surface area contributed by atoms with Crippen LogP contribution in [0.2, 0.25) is 0 Å². The quantitative estimate of drug-likeness (QED) is 0.691. The lowest BCUT2D eigenvalue weighted by molar-refractivity contribution is 0.642. The van der Waals surface area contributed by atoms with Gasteiger partial charge in [-0.25, -0.2) is 0 Å². The normalized spacial score (nSPS) is 10.4. The highest BCUT2D eigenvalue weighted by molar-refractivity contribution is 7.71. The molecule has 0 fully saturated rings. The van der Waals surface area contributed by atoms with Gasteiger partial charge in [-0.2, -0.15) is 0 Å². The Morgan fingerprint density at radius 3 is 2.82 bits per heavy atom. The fourth-order valence-corrected chi connectivity index (χ4v) is 1.46. The van der Waals surface area contributed by atoms with E-state index in [9.17, 15) is 0 Å². The number of hydrogen-bond donors (Lipinski definition) is 1. The van der Waals surface area contributed by atoms with Crippen LogP contribution in [0.1, 0.15) is 26.0 Å². The molecule has 0 aliphatic heterocycles. The molecular weight excluding hydrogens is 156 g/mol. The van der Waals surface area contributed by atoms with Gasteiger partial charge in [0.2, 0.25) is 0 Å². The summed E-state index contributed by atoms with van der Waals surface area (Å²) in [7, 11) is 0. The van der Waals surface area contributed by atoms with Crippen molar-refractivity contribution in [3.63, 3.8) is 0 Å². The Morgan fingerprint density at radius 2 is 2.27 bits per heavy atom. The molecule has 62 valence electrons. The zero-order chi connectivity index (χ0) is 8.27. The third-order valence-corrected chi connectivity index (χ3v) is 2.10. The number of aromatic nitrogens is 2. The molecule has 2 nitrogen and oxygen atoms in total. The average Bonchev–Trinajstić information content (AvgIpc) is 2.34. The Hall–Kier alpha value is -0.570. The monoisotopic (exact) mass is 170 g/mol. The number of H-pyrrole nitrogens is 1. The standard InChI is InChI=1S/C8H14N2S/c1-3-5-10-7(4-2)6-9-8(10)11/h6H,3-5H2,1-2H3,(H,9,11). The molecule has 0 spiro atoms. The van der Waals surface area contributed by atoms with Crippen LogP contribution in [0, 0.1) is 4.77 Å².